The Morgan fingerprint density at radius 2 is 1.73 bits per heavy atom. The van der Waals surface area contributed by atoms with Crippen LogP contribution in [0.4, 0.5) is 5.69 Å². The summed E-state index contributed by atoms with van der Waals surface area (Å²) in [4.78, 5) is 23.8. The molecule has 0 saturated heterocycles. The first-order chi connectivity index (χ1) is 10.5. The summed E-state index contributed by atoms with van der Waals surface area (Å²) in [7, 11) is 0. The maximum Gasteiger partial charge on any atom is 0.313 e. The highest BCUT2D eigenvalue weighted by molar-refractivity contribution is 6.39. The zero-order valence-electron chi connectivity index (χ0n) is 13.1. The van der Waals surface area contributed by atoms with Gasteiger partial charge in [-0.1, -0.05) is 38.8 Å². The maximum absolute atomic E-state index is 11.9. The summed E-state index contributed by atoms with van der Waals surface area (Å²) in [5, 5.41) is 15.0. The molecule has 0 heterocycles. The van der Waals surface area contributed by atoms with E-state index in [1.165, 1.54) is 5.56 Å². The zero-order chi connectivity index (χ0) is 16.1. The lowest BCUT2D eigenvalue weighted by Crippen LogP contribution is -2.48. The largest absolute Gasteiger partial charge is 0.391 e. The molecule has 0 spiro atoms. The third-order valence-corrected chi connectivity index (χ3v) is 4.09. The van der Waals surface area contributed by atoms with Crippen LogP contribution in [0.3, 0.4) is 0 Å². The van der Waals surface area contributed by atoms with E-state index in [4.69, 9.17) is 0 Å². The third-order valence-electron chi connectivity index (χ3n) is 4.09. The standard InChI is InChI=1S/C17H24N2O3/c1-11(2)12-7-9-13(10-8-12)18-16(21)17(22)19-14-5-3-4-6-15(14)20/h7-11,14-15,20H,3-6H2,1-2H3,(H,18,21)(H,19,22). The van der Waals surface area contributed by atoms with Crippen molar-refractivity contribution in [2.24, 2.45) is 0 Å². The second kappa shape index (κ2) is 7.40. The number of anilines is 1. The predicted molar refractivity (Wildman–Crippen MR) is 85.6 cm³/mol. The fourth-order valence-electron chi connectivity index (χ4n) is 2.65. The van der Waals surface area contributed by atoms with Gasteiger partial charge in [-0.3, -0.25) is 9.59 Å². The molecule has 1 saturated carbocycles. The van der Waals surface area contributed by atoms with Crippen LogP contribution in [-0.2, 0) is 9.59 Å². The van der Waals surface area contributed by atoms with E-state index < -0.39 is 17.9 Å². The SMILES string of the molecule is CC(C)c1ccc(NC(=O)C(=O)NC2CCCCC2O)cc1. The average molecular weight is 304 g/mol. The first-order valence-corrected chi connectivity index (χ1v) is 7.87. The molecule has 1 aliphatic carbocycles. The molecular formula is C17H24N2O3. The Kier molecular flexibility index (Phi) is 5.55. The summed E-state index contributed by atoms with van der Waals surface area (Å²) >= 11 is 0. The summed E-state index contributed by atoms with van der Waals surface area (Å²) in [6.45, 7) is 4.19. The molecule has 2 unspecified atom stereocenters. The second-order valence-corrected chi connectivity index (χ2v) is 6.16. The fourth-order valence-corrected chi connectivity index (χ4v) is 2.65. The molecule has 3 N–H and O–H groups in total. The quantitative estimate of drug-likeness (QED) is 0.749. The van der Waals surface area contributed by atoms with E-state index in [-0.39, 0.29) is 6.04 Å². The number of carbonyl (C=O) groups excluding carboxylic acids is 2. The maximum atomic E-state index is 11.9. The number of aliphatic hydroxyl groups excluding tert-OH is 1. The van der Waals surface area contributed by atoms with E-state index in [2.05, 4.69) is 24.5 Å². The second-order valence-electron chi connectivity index (χ2n) is 6.16. The van der Waals surface area contributed by atoms with Gasteiger partial charge >= 0.3 is 11.8 Å². The molecule has 120 valence electrons. The molecule has 0 aliphatic heterocycles. The molecule has 1 aromatic rings. The smallest absolute Gasteiger partial charge is 0.313 e. The summed E-state index contributed by atoms with van der Waals surface area (Å²) in [5.74, 6) is -0.977. The number of hydrogen-bond acceptors (Lipinski definition) is 3. The van der Waals surface area contributed by atoms with Gasteiger partial charge in [0.15, 0.2) is 0 Å². The summed E-state index contributed by atoms with van der Waals surface area (Å²) in [6, 6.07) is 7.12. The van der Waals surface area contributed by atoms with Crippen molar-refractivity contribution >= 4 is 17.5 Å². The van der Waals surface area contributed by atoms with Crippen LogP contribution in [0.25, 0.3) is 0 Å². The van der Waals surface area contributed by atoms with Crippen molar-refractivity contribution in [2.45, 2.75) is 57.6 Å². The number of aliphatic hydroxyl groups is 1. The predicted octanol–water partition coefficient (Wildman–Crippen LogP) is 2.17. The Morgan fingerprint density at radius 3 is 2.32 bits per heavy atom. The molecule has 1 fully saturated rings. The van der Waals surface area contributed by atoms with E-state index in [0.717, 1.165) is 12.8 Å². The summed E-state index contributed by atoms with van der Waals surface area (Å²) in [6.07, 6.45) is 2.74. The Bertz CT molecular complexity index is 525. The first-order valence-electron chi connectivity index (χ1n) is 7.87. The van der Waals surface area contributed by atoms with Crippen molar-refractivity contribution in [2.75, 3.05) is 5.32 Å². The van der Waals surface area contributed by atoms with Crippen LogP contribution >= 0.6 is 0 Å². The van der Waals surface area contributed by atoms with Gasteiger partial charge in [-0.2, -0.15) is 0 Å². The van der Waals surface area contributed by atoms with Crippen molar-refractivity contribution in [3.8, 4) is 0 Å². The number of nitrogens with one attached hydrogen (secondary N) is 2. The number of amides is 2. The Balaban J connectivity index is 1.89. The first kappa shape index (κ1) is 16.5. The van der Waals surface area contributed by atoms with E-state index in [1.807, 2.05) is 12.1 Å². The molecule has 2 atom stereocenters. The van der Waals surface area contributed by atoms with Crippen LogP contribution in [0.1, 0.15) is 51.0 Å². The van der Waals surface area contributed by atoms with Crippen molar-refractivity contribution in [1.29, 1.82) is 0 Å². The normalized spacial score (nSPS) is 21.5. The van der Waals surface area contributed by atoms with Crippen molar-refractivity contribution in [3.05, 3.63) is 29.8 Å². The van der Waals surface area contributed by atoms with Crippen LogP contribution in [0.2, 0.25) is 0 Å². The Labute approximate surface area is 131 Å². The number of carbonyl (C=O) groups is 2. The van der Waals surface area contributed by atoms with Gasteiger partial charge < -0.3 is 15.7 Å². The molecule has 0 radical (unpaired) electrons. The Hall–Kier alpha value is -1.88. The van der Waals surface area contributed by atoms with Gasteiger partial charge in [-0.05, 0) is 36.5 Å². The van der Waals surface area contributed by atoms with Crippen LogP contribution in [-0.4, -0.2) is 29.1 Å². The van der Waals surface area contributed by atoms with E-state index in [9.17, 15) is 14.7 Å². The zero-order valence-corrected chi connectivity index (χ0v) is 13.1. The highest BCUT2D eigenvalue weighted by atomic mass is 16.3. The summed E-state index contributed by atoms with van der Waals surface area (Å²) in [5.41, 5.74) is 1.77. The van der Waals surface area contributed by atoms with Crippen molar-refractivity contribution < 1.29 is 14.7 Å². The highest BCUT2D eigenvalue weighted by Gasteiger charge is 2.26. The molecule has 0 aromatic heterocycles. The van der Waals surface area contributed by atoms with Crippen molar-refractivity contribution in [3.63, 3.8) is 0 Å². The number of benzene rings is 1. The van der Waals surface area contributed by atoms with Gasteiger partial charge in [0.05, 0.1) is 12.1 Å². The third kappa shape index (κ3) is 4.31. The minimum Gasteiger partial charge on any atom is -0.391 e. The van der Waals surface area contributed by atoms with Gasteiger partial charge in [-0.15, -0.1) is 0 Å². The van der Waals surface area contributed by atoms with Gasteiger partial charge in [0, 0.05) is 5.69 Å². The lowest BCUT2D eigenvalue weighted by molar-refractivity contribution is -0.137. The van der Waals surface area contributed by atoms with Gasteiger partial charge in [0.25, 0.3) is 0 Å². The van der Waals surface area contributed by atoms with Crippen LogP contribution in [0, 0.1) is 0 Å². The number of rotatable bonds is 3. The highest BCUT2D eigenvalue weighted by Crippen LogP contribution is 2.19. The van der Waals surface area contributed by atoms with Gasteiger partial charge in [0.2, 0.25) is 0 Å². The van der Waals surface area contributed by atoms with Gasteiger partial charge in [-0.25, -0.2) is 0 Å². The minimum atomic E-state index is -0.699. The molecule has 1 aliphatic rings. The monoisotopic (exact) mass is 304 g/mol. The molecule has 1 aromatic carbocycles. The Morgan fingerprint density at radius 1 is 1.09 bits per heavy atom. The van der Waals surface area contributed by atoms with Crippen LogP contribution in [0.5, 0.6) is 0 Å². The molecule has 0 bridgehead atoms. The molecule has 22 heavy (non-hydrogen) atoms. The fraction of sp³-hybridized carbons (Fsp3) is 0.529. The lowest BCUT2D eigenvalue weighted by atomic mass is 9.92. The number of hydrogen-bond donors (Lipinski definition) is 3. The summed E-state index contributed by atoms with van der Waals surface area (Å²) < 4.78 is 0. The minimum absolute atomic E-state index is 0.324. The molecule has 2 rings (SSSR count). The van der Waals surface area contributed by atoms with Crippen LogP contribution in [0.15, 0.2) is 24.3 Å². The lowest BCUT2D eigenvalue weighted by Gasteiger charge is -2.27. The molecule has 5 heteroatoms. The molecule has 5 nitrogen and oxygen atoms in total. The molecule has 2 amide bonds. The van der Waals surface area contributed by atoms with E-state index in [1.54, 1.807) is 12.1 Å². The van der Waals surface area contributed by atoms with E-state index in [0.29, 0.717) is 24.4 Å². The topological polar surface area (TPSA) is 78.4 Å². The van der Waals surface area contributed by atoms with E-state index >= 15 is 0 Å². The van der Waals surface area contributed by atoms with Gasteiger partial charge in [0.1, 0.15) is 0 Å². The molecular weight excluding hydrogens is 280 g/mol. The van der Waals surface area contributed by atoms with Crippen LogP contribution < -0.4 is 10.6 Å². The average Bonchev–Trinajstić information content (AvgIpc) is 2.50. The van der Waals surface area contributed by atoms with Crippen molar-refractivity contribution in [1.82, 2.24) is 5.32 Å².